The van der Waals surface area contributed by atoms with Gasteiger partial charge in [0.1, 0.15) is 29.4 Å². The van der Waals surface area contributed by atoms with Crippen LogP contribution >= 0.6 is 11.3 Å². The van der Waals surface area contributed by atoms with Crippen molar-refractivity contribution in [1.82, 2.24) is 39.3 Å². The van der Waals surface area contributed by atoms with Gasteiger partial charge in [0.05, 0.1) is 6.33 Å². The minimum Gasteiger partial charge on any atom is -0.462 e. The van der Waals surface area contributed by atoms with E-state index in [1.807, 2.05) is 36.9 Å². The second-order valence-corrected chi connectivity index (χ2v) is 10.7. The fraction of sp³-hybridized carbons (Fsp3) is 0.440. The smallest absolute Gasteiger partial charge is 0.443 e. The van der Waals surface area contributed by atoms with E-state index in [-0.39, 0.29) is 30.2 Å². The van der Waals surface area contributed by atoms with Crippen LogP contribution in [-0.2, 0) is 17.5 Å². The molecule has 5 rings (SSSR count). The molecular weight excluding hydrogens is 547 g/mol. The number of likely N-dealkylation sites (N-methyl/N-ethyl adjacent to an activating group) is 1. The van der Waals surface area contributed by atoms with Gasteiger partial charge in [-0.3, -0.25) is 4.79 Å². The lowest BCUT2D eigenvalue weighted by molar-refractivity contribution is -0.137. The van der Waals surface area contributed by atoms with Gasteiger partial charge in [0.2, 0.25) is 10.9 Å². The van der Waals surface area contributed by atoms with Crippen LogP contribution in [0, 0.1) is 0 Å². The van der Waals surface area contributed by atoms with Crippen LogP contribution in [0.2, 0.25) is 0 Å². The lowest BCUT2D eigenvalue weighted by Gasteiger charge is -2.40. The minimum absolute atomic E-state index is 0.0716. The average Bonchev–Trinajstić information content (AvgIpc) is 3.54. The molecule has 11 nitrogen and oxygen atoms in total. The van der Waals surface area contributed by atoms with E-state index in [1.54, 1.807) is 28.1 Å². The number of aromatic nitrogens is 6. The Morgan fingerprint density at radius 1 is 1.18 bits per heavy atom. The molecule has 15 heteroatoms. The van der Waals surface area contributed by atoms with Crippen molar-refractivity contribution >= 4 is 33.4 Å². The summed E-state index contributed by atoms with van der Waals surface area (Å²) in [6.07, 6.45) is 1.47. The molecule has 0 spiro atoms. The molecule has 4 aromatic heterocycles. The Bertz CT molecular complexity index is 1470. The Morgan fingerprint density at radius 2 is 1.95 bits per heavy atom. The number of hydrogen-bond donors (Lipinski definition) is 0. The molecule has 212 valence electrons. The van der Waals surface area contributed by atoms with Crippen LogP contribution in [0.3, 0.4) is 0 Å². The highest BCUT2D eigenvalue weighted by Crippen LogP contribution is 2.43. The fourth-order valence-corrected chi connectivity index (χ4v) is 5.42. The number of carbonyl (C=O) groups is 1. The zero-order valence-electron chi connectivity index (χ0n) is 22.2. The Balaban J connectivity index is 1.32. The summed E-state index contributed by atoms with van der Waals surface area (Å²) in [4.78, 5) is 39.5. The number of anilines is 1. The molecule has 0 radical (unpaired) electrons. The molecule has 4 aromatic rings. The number of imidazole rings is 1. The summed E-state index contributed by atoms with van der Waals surface area (Å²) in [5.74, 6) is -0.115. The van der Waals surface area contributed by atoms with Crippen molar-refractivity contribution in [3.8, 4) is 17.3 Å². The molecule has 1 fully saturated rings. The Labute approximate surface area is 232 Å². The number of ether oxygens (including phenoxy) is 1. The third-order valence-electron chi connectivity index (χ3n) is 6.44. The molecule has 0 N–H and O–H groups in total. The van der Waals surface area contributed by atoms with E-state index < -0.39 is 11.2 Å². The van der Waals surface area contributed by atoms with Gasteiger partial charge in [-0.05, 0) is 33.2 Å². The summed E-state index contributed by atoms with van der Waals surface area (Å²) < 4.78 is 48.2. The summed E-state index contributed by atoms with van der Waals surface area (Å²) in [6.45, 7) is 4.02. The summed E-state index contributed by atoms with van der Waals surface area (Å²) in [7, 11) is 3.82. The number of amides is 1. The number of rotatable bonds is 8. The quantitative estimate of drug-likeness (QED) is 0.314. The van der Waals surface area contributed by atoms with Crippen LogP contribution in [0.1, 0.15) is 11.9 Å². The minimum atomic E-state index is -4.60. The highest BCUT2D eigenvalue weighted by Gasteiger charge is 2.38. The third kappa shape index (κ3) is 5.99. The Morgan fingerprint density at radius 3 is 2.65 bits per heavy atom. The van der Waals surface area contributed by atoms with Gasteiger partial charge in [0.25, 0.3) is 0 Å². The molecule has 0 bridgehead atoms. The van der Waals surface area contributed by atoms with Crippen LogP contribution in [0.15, 0.2) is 37.1 Å². The number of nitrogens with zero attached hydrogens (tertiary/aromatic N) is 9. The normalized spacial score (nSPS) is 16.2. The lowest BCUT2D eigenvalue weighted by Crippen LogP contribution is -2.54. The van der Waals surface area contributed by atoms with Gasteiger partial charge < -0.3 is 24.0 Å². The zero-order valence-corrected chi connectivity index (χ0v) is 23.0. The fourth-order valence-electron chi connectivity index (χ4n) is 4.43. The van der Waals surface area contributed by atoms with Crippen LogP contribution < -0.4 is 9.64 Å². The summed E-state index contributed by atoms with van der Waals surface area (Å²) in [5.41, 5.74) is 1.82. The van der Waals surface area contributed by atoms with Crippen molar-refractivity contribution < 1.29 is 22.7 Å². The highest BCUT2D eigenvalue weighted by molar-refractivity contribution is 7.16. The second-order valence-electron chi connectivity index (χ2n) is 9.68. The van der Waals surface area contributed by atoms with Crippen molar-refractivity contribution in [2.24, 2.45) is 0 Å². The number of fused-ring (bicyclic) bond motifs is 1. The van der Waals surface area contributed by atoms with Crippen LogP contribution in [0.25, 0.3) is 22.4 Å². The second kappa shape index (κ2) is 11.3. The van der Waals surface area contributed by atoms with Crippen molar-refractivity contribution in [1.29, 1.82) is 0 Å². The molecule has 1 atom stereocenters. The largest absolute Gasteiger partial charge is 0.462 e. The predicted molar refractivity (Wildman–Crippen MR) is 143 cm³/mol. The maximum atomic E-state index is 13.7. The summed E-state index contributed by atoms with van der Waals surface area (Å²) in [6, 6.07) is 3.49. The molecule has 0 unspecified atom stereocenters. The lowest BCUT2D eigenvalue weighted by atomic mass is 10.1. The maximum absolute atomic E-state index is 13.7. The zero-order chi connectivity index (χ0) is 28.4. The number of alkyl halides is 3. The van der Waals surface area contributed by atoms with E-state index in [2.05, 4.69) is 24.9 Å². The maximum Gasteiger partial charge on any atom is 0.443 e. The summed E-state index contributed by atoms with van der Waals surface area (Å²) in [5, 5.41) is -0.588. The standard InChI is InChI=1S/C25H28F3N9O2S/c1-16-13-35(7-8-37(16)19(38)14-36-15-32-18-5-4-6-29-21(18)36)22-20(33-23(40-22)25(26,27)28)17-11-30-24(31-12-17)39-10-9-34(2)3/h4-6,11-12,15-16H,7-10,13-14H2,1-3H3/t16-/m1/s1. The van der Waals surface area contributed by atoms with Gasteiger partial charge in [-0.15, -0.1) is 0 Å². The molecule has 1 amide bonds. The van der Waals surface area contributed by atoms with E-state index in [1.165, 1.54) is 12.4 Å². The number of hydrogen-bond acceptors (Lipinski definition) is 10. The molecule has 0 saturated carbocycles. The summed E-state index contributed by atoms with van der Waals surface area (Å²) >= 11 is 0.579. The molecule has 1 saturated heterocycles. The van der Waals surface area contributed by atoms with Gasteiger partial charge in [0.15, 0.2) is 5.65 Å². The first-order valence-electron chi connectivity index (χ1n) is 12.6. The Hall–Kier alpha value is -3.85. The molecular formula is C25H28F3N9O2S. The first-order valence-corrected chi connectivity index (χ1v) is 13.4. The van der Waals surface area contributed by atoms with Crippen LogP contribution in [0.4, 0.5) is 18.2 Å². The number of thiazole rings is 1. The first kappa shape index (κ1) is 27.7. The predicted octanol–water partition coefficient (Wildman–Crippen LogP) is 3.04. The Kier molecular flexibility index (Phi) is 7.85. The van der Waals surface area contributed by atoms with E-state index in [4.69, 9.17) is 4.74 Å². The van der Waals surface area contributed by atoms with E-state index in [9.17, 15) is 18.0 Å². The molecule has 5 heterocycles. The topological polar surface area (TPSA) is 105 Å². The molecule has 1 aliphatic heterocycles. The first-order chi connectivity index (χ1) is 19.1. The SMILES string of the molecule is C[C@@H]1CN(c2sc(C(F)(F)F)nc2-c2cnc(OCCN(C)C)nc2)CCN1C(=O)Cn1cnc2cccnc21. The van der Waals surface area contributed by atoms with E-state index in [0.29, 0.717) is 65.9 Å². The monoisotopic (exact) mass is 575 g/mol. The van der Waals surface area contributed by atoms with Gasteiger partial charge in [-0.25, -0.2) is 24.9 Å². The highest BCUT2D eigenvalue weighted by atomic mass is 32.1. The van der Waals surface area contributed by atoms with Crippen molar-refractivity contribution in [3.05, 3.63) is 42.1 Å². The van der Waals surface area contributed by atoms with Gasteiger partial charge in [-0.2, -0.15) is 13.2 Å². The number of carbonyl (C=O) groups excluding carboxylic acids is 1. The molecule has 0 aromatic carbocycles. The van der Waals surface area contributed by atoms with E-state index >= 15 is 0 Å². The van der Waals surface area contributed by atoms with Gasteiger partial charge in [-0.1, -0.05) is 11.3 Å². The van der Waals surface area contributed by atoms with Crippen molar-refractivity contribution in [2.45, 2.75) is 25.7 Å². The molecule has 1 aliphatic rings. The van der Waals surface area contributed by atoms with Crippen LogP contribution in [0.5, 0.6) is 6.01 Å². The van der Waals surface area contributed by atoms with Crippen molar-refractivity contribution in [2.75, 3.05) is 51.8 Å². The van der Waals surface area contributed by atoms with Crippen molar-refractivity contribution in [3.63, 3.8) is 0 Å². The molecule has 40 heavy (non-hydrogen) atoms. The average molecular weight is 576 g/mol. The van der Waals surface area contributed by atoms with Gasteiger partial charge in [0, 0.05) is 56.4 Å². The number of piperazine rings is 1. The number of pyridine rings is 1. The van der Waals surface area contributed by atoms with Gasteiger partial charge >= 0.3 is 12.2 Å². The number of halogens is 3. The third-order valence-corrected chi connectivity index (χ3v) is 7.60. The van der Waals surface area contributed by atoms with E-state index in [0.717, 1.165) is 0 Å². The molecule has 0 aliphatic carbocycles. The van der Waals surface area contributed by atoms with Crippen LogP contribution in [-0.4, -0.2) is 98.1 Å².